The van der Waals surface area contributed by atoms with Crippen molar-refractivity contribution in [1.29, 1.82) is 0 Å². The molecular weight excluding hydrogens is 237 g/mol. The Morgan fingerprint density at radius 3 is 2.42 bits per heavy atom. The summed E-state index contributed by atoms with van der Waals surface area (Å²) in [6, 6.07) is 3.49. The number of nitro groups is 1. The van der Waals surface area contributed by atoms with Crippen LogP contribution in [0.1, 0.15) is 0 Å². The fourth-order valence-electron chi connectivity index (χ4n) is 0.636. The molecule has 0 aliphatic carbocycles. The van der Waals surface area contributed by atoms with Crippen LogP contribution >= 0.6 is 15.9 Å². The average molecular weight is 240 g/mol. The van der Waals surface area contributed by atoms with E-state index in [1.807, 2.05) is 0 Å². The zero-order chi connectivity index (χ0) is 8.43. The summed E-state index contributed by atoms with van der Waals surface area (Å²) in [4.78, 5) is 9.65. The van der Waals surface area contributed by atoms with E-state index in [1.54, 1.807) is 0 Å². The van der Waals surface area contributed by atoms with Crippen molar-refractivity contribution in [3.63, 3.8) is 0 Å². The van der Waals surface area contributed by atoms with Gasteiger partial charge in [-0.25, -0.2) is 0 Å². The maximum Gasteiger partial charge on any atom is 1.00 e. The topological polar surface area (TPSA) is 66.2 Å². The average Bonchev–Trinajstić information content (AvgIpc) is 1.85. The number of nitro benzene ring substituents is 1. The fourth-order valence-corrected chi connectivity index (χ4v) is 1.14. The number of nitrogens with zero attached hydrogens (tertiary/aromatic N) is 1. The molecule has 0 saturated heterocycles. The molecule has 0 N–H and O–H groups in total. The van der Waals surface area contributed by atoms with E-state index in [-0.39, 0.29) is 45.5 Å². The molecule has 0 aromatic heterocycles. The van der Waals surface area contributed by atoms with Crippen molar-refractivity contribution in [3.8, 4) is 5.75 Å². The summed E-state index contributed by atoms with van der Waals surface area (Å²) in [6.45, 7) is 0. The quantitative estimate of drug-likeness (QED) is 0.338. The molecule has 4 nitrogen and oxygen atoms in total. The van der Waals surface area contributed by atoms with Crippen LogP contribution in [0, 0.1) is 10.1 Å². The first kappa shape index (κ1) is 11.9. The molecule has 0 bridgehead atoms. The first-order valence-electron chi connectivity index (χ1n) is 2.72. The third kappa shape index (κ3) is 2.75. The standard InChI is InChI=1S/C6H4BrNO3.Na/c7-5-3-4(9)1-2-6(5)8(10)11;/h1-3,9H;/q;+1/p-1. The minimum Gasteiger partial charge on any atom is -0.872 e. The Morgan fingerprint density at radius 1 is 1.42 bits per heavy atom. The molecule has 0 saturated carbocycles. The Labute approximate surface area is 99.2 Å². The zero-order valence-corrected chi connectivity index (χ0v) is 9.87. The van der Waals surface area contributed by atoms with E-state index < -0.39 is 4.92 Å². The van der Waals surface area contributed by atoms with Crippen molar-refractivity contribution in [2.45, 2.75) is 0 Å². The summed E-state index contributed by atoms with van der Waals surface area (Å²) in [5.74, 6) is -0.248. The second-order valence-corrected chi connectivity index (χ2v) is 2.72. The molecule has 1 aromatic rings. The summed E-state index contributed by atoms with van der Waals surface area (Å²) in [6.07, 6.45) is 0. The number of rotatable bonds is 1. The van der Waals surface area contributed by atoms with Crippen molar-refractivity contribution in [2.24, 2.45) is 0 Å². The van der Waals surface area contributed by atoms with Gasteiger partial charge in [0.15, 0.2) is 0 Å². The van der Waals surface area contributed by atoms with Gasteiger partial charge in [-0.3, -0.25) is 10.1 Å². The molecule has 58 valence electrons. The summed E-state index contributed by atoms with van der Waals surface area (Å²) in [7, 11) is 0. The molecular formula is C6H3BrNNaO3. The molecule has 0 heterocycles. The molecule has 0 spiro atoms. The van der Waals surface area contributed by atoms with Gasteiger partial charge in [-0.2, -0.15) is 0 Å². The summed E-state index contributed by atoms with van der Waals surface area (Å²) in [5.41, 5.74) is -0.0930. The van der Waals surface area contributed by atoms with E-state index in [4.69, 9.17) is 0 Å². The van der Waals surface area contributed by atoms with Crippen LogP contribution in [0.4, 0.5) is 5.69 Å². The summed E-state index contributed by atoms with van der Waals surface area (Å²) < 4.78 is 0.218. The number of benzene rings is 1. The Morgan fingerprint density at radius 2 is 2.00 bits per heavy atom. The van der Waals surface area contributed by atoms with Gasteiger partial charge in [0, 0.05) is 6.07 Å². The van der Waals surface area contributed by atoms with Crippen molar-refractivity contribution >= 4 is 21.6 Å². The molecule has 0 fully saturated rings. The Kier molecular flexibility index (Phi) is 4.77. The molecule has 0 aliphatic rings. The van der Waals surface area contributed by atoms with Crippen LogP contribution in [0.5, 0.6) is 5.75 Å². The van der Waals surface area contributed by atoms with Crippen molar-refractivity contribution in [1.82, 2.24) is 0 Å². The van der Waals surface area contributed by atoms with Gasteiger partial charge in [0.05, 0.1) is 9.40 Å². The van der Waals surface area contributed by atoms with Crippen LogP contribution in [0.2, 0.25) is 0 Å². The number of halogens is 1. The van der Waals surface area contributed by atoms with Crippen LogP contribution < -0.4 is 34.7 Å². The van der Waals surface area contributed by atoms with E-state index in [0.717, 1.165) is 12.1 Å². The first-order chi connectivity index (χ1) is 5.11. The molecule has 1 rings (SSSR count). The van der Waals surface area contributed by atoms with Gasteiger partial charge < -0.3 is 5.11 Å². The summed E-state index contributed by atoms with van der Waals surface area (Å²) in [5, 5.41) is 20.8. The van der Waals surface area contributed by atoms with Gasteiger partial charge in [0.1, 0.15) is 0 Å². The normalized spacial score (nSPS) is 8.75. The van der Waals surface area contributed by atoms with E-state index in [0.29, 0.717) is 0 Å². The second-order valence-electron chi connectivity index (χ2n) is 1.87. The fraction of sp³-hybridized carbons (Fsp3) is 0. The van der Waals surface area contributed by atoms with Crippen molar-refractivity contribution < 1.29 is 39.6 Å². The largest absolute Gasteiger partial charge is 1.00 e. The van der Waals surface area contributed by atoms with Crippen LogP contribution in [0.3, 0.4) is 0 Å². The Bertz CT molecular complexity index is 305. The third-order valence-corrected chi connectivity index (χ3v) is 1.75. The molecule has 0 aliphatic heterocycles. The van der Waals surface area contributed by atoms with E-state index in [9.17, 15) is 15.2 Å². The molecule has 6 heteroatoms. The van der Waals surface area contributed by atoms with E-state index in [2.05, 4.69) is 15.9 Å². The molecule has 0 radical (unpaired) electrons. The number of hydrogen-bond donors (Lipinski definition) is 0. The van der Waals surface area contributed by atoms with Crippen molar-refractivity contribution in [3.05, 3.63) is 32.8 Å². The second kappa shape index (κ2) is 4.81. The van der Waals surface area contributed by atoms with Crippen molar-refractivity contribution in [2.75, 3.05) is 0 Å². The SMILES string of the molecule is O=[N+]([O-])c1ccc([O-])cc1Br.[Na+]. The minimum absolute atomic E-state index is 0. The molecule has 1 aromatic carbocycles. The molecule has 0 atom stereocenters. The molecule has 12 heavy (non-hydrogen) atoms. The van der Waals surface area contributed by atoms with Crippen LogP contribution in [-0.4, -0.2) is 4.92 Å². The Balaban J connectivity index is 0.00000121. The van der Waals surface area contributed by atoms with Gasteiger partial charge >= 0.3 is 29.6 Å². The molecule has 0 amide bonds. The smallest absolute Gasteiger partial charge is 0.872 e. The minimum atomic E-state index is -0.552. The summed E-state index contributed by atoms with van der Waals surface area (Å²) >= 11 is 2.91. The monoisotopic (exact) mass is 239 g/mol. The maximum atomic E-state index is 10.6. The van der Waals surface area contributed by atoms with Gasteiger partial charge in [0.2, 0.25) is 0 Å². The zero-order valence-electron chi connectivity index (χ0n) is 6.28. The van der Waals surface area contributed by atoms with Crippen LogP contribution in [0.15, 0.2) is 22.7 Å². The van der Waals surface area contributed by atoms with E-state index >= 15 is 0 Å². The third-order valence-electron chi connectivity index (χ3n) is 1.12. The van der Waals surface area contributed by atoms with Gasteiger partial charge in [-0.05, 0) is 22.0 Å². The maximum absolute atomic E-state index is 10.6. The predicted molar refractivity (Wildman–Crippen MR) is 40.2 cm³/mol. The van der Waals surface area contributed by atoms with Gasteiger partial charge in [-0.15, -0.1) is 5.75 Å². The number of hydrogen-bond acceptors (Lipinski definition) is 3. The van der Waals surface area contributed by atoms with Gasteiger partial charge in [-0.1, -0.05) is 6.07 Å². The first-order valence-corrected chi connectivity index (χ1v) is 3.51. The van der Waals surface area contributed by atoms with E-state index in [1.165, 1.54) is 6.07 Å². The predicted octanol–water partition coefficient (Wildman–Crippen LogP) is -1.57. The Hall–Kier alpha value is -0.100. The van der Waals surface area contributed by atoms with Crippen LogP contribution in [-0.2, 0) is 0 Å². The van der Waals surface area contributed by atoms with Crippen LogP contribution in [0.25, 0.3) is 0 Å². The van der Waals surface area contributed by atoms with Gasteiger partial charge in [0.25, 0.3) is 5.69 Å². The molecule has 0 unspecified atom stereocenters.